The summed E-state index contributed by atoms with van der Waals surface area (Å²) in [6.45, 7) is 7.21. The van der Waals surface area contributed by atoms with E-state index in [4.69, 9.17) is 17.5 Å². The molecule has 9 heteroatoms. The molecule has 0 amide bonds. The maximum atomic E-state index is 10.4. The molecule has 0 radical (unpaired) electrons. The number of ether oxygens (including phenoxy) is 1. The van der Waals surface area contributed by atoms with Gasteiger partial charge in [-0.15, -0.1) is 0 Å². The van der Waals surface area contributed by atoms with Crippen molar-refractivity contribution in [2.24, 2.45) is 0 Å². The SMILES string of the molecule is C=C(C)C(=O)OCC.C[NH+](C)C.C[NH+](C)C.O=S(=O)([O-])[O-]. The number of rotatable bonds is 2. The Bertz CT molecular complexity index is 333. The smallest absolute Gasteiger partial charge is 0.333 e. The third kappa shape index (κ3) is 153. The fourth-order valence-electron chi connectivity index (χ4n) is 0.254. The average Bonchev–Trinajstić information content (AvgIpc) is 2.12. The van der Waals surface area contributed by atoms with Crippen molar-refractivity contribution in [3.05, 3.63) is 12.2 Å². The van der Waals surface area contributed by atoms with Gasteiger partial charge in [-0.1, -0.05) is 6.58 Å². The molecule has 0 fully saturated rings. The Morgan fingerprint density at radius 2 is 1.24 bits per heavy atom. The van der Waals surface area contributed by atoms with E-state index >= 15 is 0 Å². The topological polar surface area (TPSA) is 115 Å². The predicted octanol–water partition coefficient (Wildman–Crippen LogP) is -2.69. The predicted molar refractivity (Wildman–Crippen MR) is 79.4 cm³/mol. The summed E-state index contributed by atoms with van der Waals surface area (Å²) in [5.74, 6) is -0.312. The lowest BCUT2D eigenvalue weighted by Crippen LogP contribution is -3.02. The van der Waals surface area contributed by atoms with Crippen LogP contribution in [0.3, 0.4) is 0 Å². The number of carbonyl (C=O) groups is 1. The zero-order chi connectivity index (χ0) is 18.2. The molecule has 130 valence electrons. The van der Waals surface area contributed by atoms with Crippen molar-refractivity contribution >= 4 is 16.4 Å². The molecule has 21 heavy (non-hydrogen) atoms. The van der Waals surface area contributed by atoms with Crippen LogP contribution in [0.5, 0.6) is 0 Å². The summed E-state index contributed by atoms with van der Waals surface area (Å²) in [4.78, 5) is 13.3. The third-order valence-corrected chi connectivity index (χ3v) is 0.624. The molecular formula is C12H30N2O6S. The molecule has 0 aromatic heterocycles. The van der Waals surface area contributed by atoms with Crippen LogP contribution in [0.1, 0.15) is 13.8 Å². The van der Waals surface area contributed by atoms with Crippen molar-refractivity contribution in [1.82, 2.24) is 0 Å². The first-order valence-corrected chi connectivity index (χ1v) is 7.51. The number of hydrogen-bond donors (Lipinski definition) is 2. The second-order valence-electron chi connectivity index (χ2n) is 4.91. The van der Waals surface area contributed by atoms with Crippen molar-refractivity contribution in [3.63, 3.8) is 0 Å². The molecule has 0 aliphatic rings. The van der Waals surface area contributed by atoms with E-state index in [1.165, 1.54) is 9.80 Å². The van der Waals surface area contributed by atoms with E-state index in [0.717, 1.165) is 0 Å². The van der Waals surface area contributed by atoms with Gasteiger partial charge in [0.05, 0.1) is 48.9 Å². The summed E-state index contributed by atoms with van der Waals surface area (Å²) in [7, 11) is 7.33. The van der Waals surface area contributed by atoms with Crippen LogP contribution in [-0.2, 0) is 19.9 Å². The van der Waals surface area contributed by atoms with Crippen molar-refractivity contribution in [3.8, 4) is 0 Å². The highest BCUT2D eigenvalue weighted by Crippen LogP contribution is 1.89. The third-order valence-electron chi connectivity index (χ3n) is 0.624. The Morgan fingerprint density at radius 3 is 1.29 bits per heavy atom. The molecule has 0 rings (SSSR count). The Kier molecular flexibility index (Phi) is 22.9. The van der Waals surface area contributed by atoms with Crippen LogP contribution in [-0.4, -0.2) is 72.4 Å². The first-order valence-electron chi connectivity index (χ1n) is 6.17. The Morgan fingerprint density at radius 1 is 1.05 bits per heavy atom. The number of quaternary nitrogens is 2. The molecule has 0 unspecified atom stereocenters. The monoisotopic (exact) mass is 330 g/mol. The Labute approximate surface area is 129 Å². The molecular weight excluding hydrogens is 300 g/mol. The van der Waals surface area contributed by atoms with E-state index in [1.807, 2.05) is 0 Å². The van der Waals surface area contributed by atoms with Crippen LogP contribution < -0.4 is 9.80 Å². The second-order valence-corrected chi connectivity index (χ2v) is 5.73. The molecule has 2 N–H and O–H groups in total. The van der Waals surface area contributed by atoms with Crippen LogP contribution in [0.15, 0.2) is 12.2 Å². The highest BCUT2D eigenvalue weighted by Gasteiger charge is 1.98. The number of carbonyl (C=O) groups excluding carboxylic acids is 1. The summed E-state index contributed by atoms with van der Waals surface area (Å²) < 4.78 is 38.6. The van der Waals surface area contributed by atoms with Crippen molar-refractivity contribution < 1.29 is 36.9 Å². The average molecular weight is 330 g/mol. The molecule has 0 atom stereocenters. The summed E-state index contributed by atoms with van der Waals surface area (Å²) in [5, 5.41) is 0. The van der Waals surface area contributed by atoms with Crippen molar-refractivity contribution in [2.45, 2.75) is 13.8 Å². The maximum Gasteiger partial charge on any atom is 0.333 e. The normalized spacial score (nSPS) is 9.33. The lowest BCUT2D eigenvalue weighted by Gasteiger charge is -2.06. The minimum absolute atomic E-state index is 0.312. The summed E-state index contributed by atoms with van der Waals surface area (Å²) in [6.07, 6.45) is 0. The summed E-state index contributed by atoms with van der Waals surface area (Å²) in [5.41, 5.74) is 0.451. The van der Waals surface area contributed by atoms with Crippen LogP contribution >= 0.6 is 0 Å². The molecule has 0 spiro atoms. The quantitative estimate of drug-likeness (QED) is 0.247. The van der Waals surface area contributed by atoms with Crippen molar-refractivity contribution in [2.75, 3.05) is 48.9 Å². The Hall–Kier alpha value is -1.00. The first kappa shape index (κ1) is 28.2. The second kappa shape index (κ2) is 17.1. The summed E-state index contributed by atoms with van der Waals surface area (Å²) >= 11 is 0. The number of esters is 1. The molecule has 0 bridgehead atoms. The molecule has 0 heterocycles. The van der Waals surface area contributed by atoms with E-state index in [9.17, 15) is 4.79 Å². The fraction of sp³-hybridized carbons (Fsp3) is 0.750. The van der Waals surface area contributed by atoms with E-state index in [-0.39, 0.29) is 5.97 Å². The standard InChI is InChI=1S/C6H10O2.2C3H9N.H2O4S/c1-4-8-6(7)5(2)3;2*1-4(2)3;1-5(2,3)4/h2,4H2,1,3H3;2*1-3H3;(H2,1,2,3,4). The zero-order valence-electron chi connectivity index (χ0n) is 14.3. The van der Waals surface area contributed by atoms with Crippen LogP contribution in [0, 0.1) is 0 Å². The molecule has 8 nitrogen and oxygen atoms in total. The van der Waals surface area contributed by atoms with Gasteiger partial charge in [-0.2, -0.15) is 0 Å². The minimum Gasteiger partial charge on any atom is -0.759 e. The zero-order valence-corrected chi connectivity index (χ0v) is 15.1. The first-order chi connectivity index (χ1) is 9.14. The molecule has 0 aromatic rings. The fourth-order valence-corrected chi connectivity index (χ4v) is 0.254. The maximum absolute atomic E-state index is 10.4. The molecule has 0 aliphatic heterocycles. The number of hydrogen-bond acceptors (Lipinski definition) is 6. The minimum atomic E-state index is -5.17. The van der Waals surface area contributed by atoms with Gasteiger partial charge in [0.25, 0.3) is 0 Å². The van der Waals surface area contributed by atoms with Crippen LogP contribution in [0.2, 0.25) is 0 Å². The highest BCUT2D eigenvalue weighted by atomic mass is 32.3. The van der Waals surface area contributed by atoms with E-state index in [0.29, 0.717) is 12.2 Å². The van der Waals surface area contributed by atoms with Gasteiger partial charge in [0.2, 0.25) is 0 Å². The van der Waals surface area contributed by atoms with Gasteiger partial charge < -0.3 is 23.6 Å². The van der Waals surface area contributed by atoms with E-state index < -0.39 is 10.4 Å². The molecule has 0 saturated carbocycles. The van der Waals surface area contributed by atoms with Gasteiger partial charge in [-0.3, -0.25) is 8.42 Å². The Balaban J connectivity index is -0.0000000970. The number of nitrogens with one attached hydrogen (secondary N) is 2. The summed E-state index contributed by atoms with van der Waals surface area (Å²) in [6, 6.07) is 0. The van der Waals surface area contributed by atoms with E-state index in [1.54, 1.807) is 13.8 Å². The van der Waals surface area contributed by atoms with Gasteiger partial charge >= 0.3 is 5.97 Å². The van der Waals surface area contributed by atoms with Crippen molar-refractivity contribution in [1.29, 1.82) is 0 Å². The van der Waals surface area contributed by atoms with Gasteiger partial charge in [0, 0.05) is 16.0 Å². The van der Waals surface area contributed by atoms with Gasteiger partial charge in [0.1, 0.15) is 0 Å². The highest BCUT2D eigenvalue weighted by molar-refractivity contribution is 7.79. The van der Waals surface area contributed by atoms with Gasteiger partial charge in [0.15, 0.2) is 0 Å². The van der Waals surface area contributed by atoms with E-state index in [2.05, 4.69) is 53.6 Å². The molecule has 0 saturated heterocycles. The lowest BCUT2D eigenvalue weighted by atomic mass is 10.4. The van der Waals surface area contributed by atoms with Crippen LogP contribution in [0.4, 0.5) is 0 Å². The van der Waals surface area contributed by atoms with Gasteiger partial charge in [-0.25, -0.2) is 4.79 Å². The van der Waals surface area contributed by atoms with Gasteiger partial charge in [-0.05, 0) is 13.8 Å². The molecule has 0 aromatic carbocycles. The lowest BCUT2D eigenvalue weighted by molar-refractivity contribution is -0.836. The largest absolute Gasteiger partial charge is 0.759 e. The molecule has 0 aliphatic carbocycles. The van der Waals surface area contributed by atoms with Crippen LogP contribution in [0.25, 0.3) is 0 Å².